The van der Waals surface area contributed by atoms with Gasteiger partial charge in [-0.1, -0.05) is 0 Å². The molecule has 0 aliphatic rings. The van der Waals surface area contributed by atoms with Crippen molar-refractivity contribution in [1.82, 2.24) is 0 Å². The van der Waals surface area contributed by atoms with Crippen molar-refractivity contribution in [2.75, 3.05) is 38.0 Å². The van der Waals surface area contributed by atoms with Gasteiger partial charge < -0.3 is 19.8 Å². The lowest BCUT2D eigenvalue weighted by Crippen LogP contribution is -2.16. The molecule has 4 nitrogen and oxygen atoms in total. The maximum atomic E-state index is 8.89. The summed E-state index contributed by atoms with van der Waals surface area (Å²) in [6.07, 6.45) is 5.78. The van der Waals surface area contributed by atoms with Gasteiger partial charge in [0.2, 0.25) is 0 Å². The Balaban J connectivity index is -0.0000000883. The second-order valence-corrected chi connectivity index (χ2v) is 11.1. The topological polar surface area (TPSA) is 80.3 Å². The van der Waals surface area contributed by atoms with Gasteiger partial charge in [-0.05, 0) is 57.4 Å². The quantitative estimate of drug-likeness (QED) is 0.728. The van der Waals surface area contributed by atoms with Crippen molar-refractivity contribution in [1.29, 1.82) is 0 Å². The molecule has 0 saturated heterocycles. The number of hydrogen-bond donors (Lipinski definition) is 0. The van der Waals surface area contributed by atoms with Gasteiger partial charge in [0.15, 0.2) is 0 Å². The molecule has 20 heavy (non-hydrogen) atoms. The summed E-state index contributed by atoms with van der Waals surface area (Å²) in [6, 6.07) is 0. The van der Waals surface area contributed by atoms with Crippen LogP contribution >= 0.6 is 15.8 Å². The first-order valence-electron chi connectivity index (χ1n) is 7.06. The Kier molecular flexibility index (Phi) is 33.4. The first kappa shape index (κ1) is 28.0. The zero-order valence-corrected chi connectivity index (χ0v) is 16.5. The summed E-state index contributed by atoms with van der Waals surface area (Å²) in [7, 11) is 0.263. The van der Waals surface area contributed by atoms with Gasteiger partial charge in [0.25, 0.3) is 0 Å². The Labute approximate surface area is 127 Å². The first-order valence-corrected chi connectivity index (χ1v) is 11.9. The van der Waals surface area contributed by atoms with E-state index in [2.05, 4.69) is 41.0 Å². The monoisotopic (exact) mass is 328 g/mol. The standard InChI is InChI=1S/C6H15P.C4H11P.2C2H4O2/c1-4-7(5-2)6-3;1-4-5(2)3;2*1-2(3)4/h4-6H2,1-3H3;4H2,1-3H3;2*1H3,(H,3,4). The second-order valence-electron chi connectivity index (χ2n) is 4.35. The van der Waals surface area contributed by atoms with Crippen LogP contribution in [-0.2, 0) is 9.59 Å². The van der Waals surface area contributed by atoms with Gasteiger partial charge in [-0.3, -0.25) is 0 Å². The number of carbonyl (C=O) groups is 2. The lowest BCUT2D eigenvalue weighted by Gasteiger charge is -1.98. The fourth-order valence-corrected chi connectivity index (χ4v) is 2.25. The van der Waals surface area contributed by atoms with Gasteiger partial charge in [0.1, 0.15) is 0 Å². The van der Waals surface area contributed by atoms with Crippen molar-refractivity contribution in [2.24, 2.45) is 0 Å². The number of hydrogen-bond acceptors (Lipinski definition) is 4. The number of carbonyl (C=O) groups excluding carboxylic acids is 2. The molecule has 0 spiro atoms. The Morgan fingerprint density at radius 2 is 0.900 bits per heavy atom. The van der Waals surface area contributed by atoms with Gasteiger partial charge in [-0.25, -0.2) is 0 Å². The Morgan fingerprint density at radius 1 is 0.750 bits per heavy atom. The molecular formula is C14H34O4P2. The Morgan fingerprint density at radius 3 is 0.900 bits per heavy atom. The molecule has 0 heterocycles. The van der Waals surface area contributed by atoms with Gasteiger partial charge >= 0.3 is 0 Å². The highest BCUT2D eigenvalue weighted by molar-refractivity contribution is 7.57. The molecule has 0 aromatic carbocycles. The number of aliphatic carboxylic acids is 2. The average molecular weight is 328 g/mol. The maximum absolute atomic E-state index is 8.89. The highest BCUT2D eigenvalue weighted by Crippen LogP contribution is 2.32. The second kappa shape index (κ2) is 23.9. The van der Waals surface area contributed by atoms with Crippen LogP contribution in [0.3, 0.4) is 0 Å². The molecule has 6 heteroatoms. The predicted octanol–water partition coefficient (Wildman–Crippen LogP) is 1.25. The van der Waals surface area contributed by atoms with E-state index >= 15 is 0 Å². The molecular weight excluding hydrogens is 294 g/mol. The van der Waals surface area contributed by atoms with Crippen LogP contribution in [0.25, 0.3) is 0 Å². The molecule has 0 radical (unpaired) electrons. The molecule has 0 unspecified atom stereocenters. The fraction of sp³-hybridized carbons (Fsp3) is 0.857. The van der Waals surface area contributed by atoms with Crippen LogP contribution in [0.15, 0.2) is 0 Å². The largest absolute Gasteiger partial charge is 0.550 e. The minimum atomic E-state index is -1.08. The molecule has 124 valence electrons. The molecule has 0 rings (SSSR count). The number of carboxylic acid groups (broad SMARTS) is 2. The van der Waals surface area contributed by atoms with E-state index < -0.39 is 11.9 Å². The molecule has 0 bridgehead atoms. The molecule has 0 atom stereocenters. The summed E-state index contributed by atoms with van der Waals surface area (Å²) >= 11 is 0. The van der Waals surface area contributed by atoms with E-state index in [-0.39, 0.29) is 15.8 Å². The number of carboxylic acids is 2. The zero-order chi connectivity index (χ0) is 17.1. The highest BCUT2D eigenvalue weighted by atomic mass is 31.1. The Bertz CT molecular complexity index is 180. The van der Waals surface area contributed by atoms with Crippen LogP contribution in [0.2, 0.25) is 0 Å². The van der Waals surface area contributed by atoms with E-state index in [4.69, 9.17) is 19.8 Å². The van der Waals surface area contributed by atoms with Crippen LogP contribution < -0.4 is 10.2 Å². The minimum Gasteiger partial charge on any atom is -0.550 e. The van der Waals surface area contributed by atoms with Gasteiger partial charge in [-0.15, -0.1) is 0 Å². The Hall–Kier alpha value is -0.200. The van der Waals surface area contributed by atoms with E-state index in [9.17, 15) is 0 Å². The molecule has 0 fully saturated rings. The van der Waals surface area contributed by atoms with E-state index in [1.807, 2.05) is 0 Å². The van der Waals surface area contributed by atoms with E-state index in [0.717, 1.165) is 13.8 Å². The summed E-state index contributed by atoms with van der Waals surface area (Å²) in [5.41, 5.74) is 0. The molecule has 0 aliphatic heterocycles. The third-order valence-electron chi connectivity index (χ3n) is 2.21. The van der Waals surface area contributed by atoms with Gasteiger partial charge in [-0.2, -0.15) is 0 Å². The van der Waals surface area contributed by atoms with Crippen molar-refractivity contribution >= 4 is 27.8 Å². The smallest absolute Gasteiger partial charge is 0.0543 e. The summed E-state index contributed by atoms with van der Waals surface area (Å²) in [5, 5.41) is 17.8. The summed E-state index contributed by atoms with van der Waals surface area (Å²) in [4.78, 5) is 17.8. The van der Waals surface area contributed by atoms with Crippen molar-refractivity contribution < 1.29 is 19.8 Å². The van der Waals surface area contributed by atoms with E-state index in [1.54, 1.807) is 0 Å². The molecule has 0 N–H and O–H groups in total. The van der Waals surface area contributed by atoms with Crippen molar-refractivity contribution in [3.8, 4) is 0 Å². The minimum absolute atomic E-state index is 0.126. The lowest BCUT2D eigenvalue weighted by molar-refractivity contribution is -0.303. The predicted molar refractivity (Wildman–Crippen MR) is 92.0 cm³/mol. The molecule has 0 saturated carbocycles. The SMILES string of the molecule is CC(=O)[O-].CC(=O)[O-].CC[PH+](C)C.CC[PH+](CC)CC. The van der Waals surface area contributed by atoms with E-state index in [0.29, 0.717) is 0 Å². The summed E-state index contributed by atoms with van der Waals surface area (Å²) in [6.45, 7) is 15.8. The van der Waals surface area contributed by atoms with Crippen LogP contribution in [0.5, 0.6) is 0 Å². The molecule has 0 aliphatic carbocycles. The molecule has 0 aromatic rings. The summed E-state index contributed by atoms with van der Waals surface area (Å²) in [5.74, 6) is -2.17. The maximum Gasteiger partial charge on any atom is 0.0543 e. The first-order chi connectivity index (χ1) is 9.08. The molecule has 0 aromatic heterocycles. The van der Waals surface area contributed by atoms with E-state index in [1.165, 1.54) is 24.6 Å². The fourth-order valence-electron chi connectivity index (χ4n) is 0.750. The normalized spacial score (nSPS) is 8.50. The van der Waals surface area contributed by atoms with Crippen molar-refractivity contribution in [3.63, 3.8) is 0 Å². The average Bonchev–Trinajstić information content (AvgIpc) is 2.30. The zero-order valence-electron chi connectivity index (χ0n) is 14.5. The van der Waals surface area contributed by atoms with Crippen LogP contribution in [0.4, 0.5) is 0 Å². The van der Waals surface area contributed by atoms with Crippen LogP contribution in [0, 0.1) is 0 Å². The van der Waals surface area contributed by atoms with Crippen molar-refractivity contribution in [2.45, 2.75) is 41.5 Å². The van der Waals surface area contributed by atoms with Crippen molar-refractivity contribution in [3.05, 3.63) is 0 Å². The third-order valence-corrected chi connectivity index (χ3v) is 6.62. The lowest BCUT2D eigenvalue weighted by atomic mass is 10.9. The van der Waals surface area contributed by atoms with Crippen LogP contribution in [-0.4, -0.2) is 49.9 Å². The number of rotatable bonds is 4. The molecule has 0 amide bonds. The summed E-state index contributed by atoms with van der Waals surface area (Å²) < 4.78 is 0. The highest BCUT2D eigenvalue weighted by Gasteiger charge is 2.03. The third kappa shape index (κ3) is 82.6. The van der Waals surface area contributed by atoms with Gasteiger partial charge in [0.05, 0.1) is 24.6 Å². The van der Waals surface area contributed by atoms with Crippen LogP contribution in [0.1, 0.15) is 41.5 Å². The van der Waals surface area contributed by atoms with Gasteiger partial charge in [0, 0.05) is 25.3 Å².